The van der Waals surface area contributed by atoms with E-state index in [1.165, 1.54) is 28.7 Å². The molecule has 0 unspecified atom stereocenters. The van der Waals surface area contributed by atoms with E-state index >= 15 is 0 Å². The van der Waals surface area contributed by atoms with Crippen molar-refractivity contribution in [1.82, 2.24) is 14.6 Å². The minimum atomic E-state index is -0.221. The van der Waals surface area contributed by atoms with Crippen LogP contribution in [-0.2, 0) is 0 Å². The third-order valence-corrected chi connectivity index (χ3v) is 6.32. The first-order chi connectivity index (χ1) is 15.1. The van der Waals surface area contributed by atoms with Gasteiger partial charge in [-0.15, -0.1) is 5.10 Å². The van der Waals surface area contributed by atoms with Gasteiger partial charge in [0.15, 0.2) is 5.82 Å². The van der Waals surface area contributed by atoms with Crippen molar-refractivity contribution >= 4 is 45.6 Å². The van der Waals surface area contributed by atoms with E-state index in [2.05, 4.69) is 17.0 Å². The van der Waals surface area contributed by atoms with Gasteiger partial charge in [0.2, 0.25) is 4.96 Å². The van der Waals surface area contributed by atoms with Crippen LogP contribution in [0.1, 0.15) is 38.2 Å². The molecule has 2 aromatic heterocycles. The molecule has 0 amide bonds. The van der Waals surface area contributed by atoms with Gasteiger partial charge >= 0.3 is 0 Å². The second kappa shape index (κ2) is 9.81. The highest BCUT2D eigenvalue weighted by molar-refractivity contribution is 7.15. The summed E-state index contributed by atoms with van der Waals surface area (Å²) in [4.78, 5) is 17.9. The Morgan fingerprint density at radius 2 is 1.97 bits per heavy atom. The molecule has 0 N–H and O–H groups in total. The maximum atomic E-state index is 12.9. The Morgan fingerprint density at radius 3 is 2.74 bits per heavy atom. The van der Waals surface area contributed by atoms with Gasteiger partial charge < -0.3 is 4.74 Å². The first kappa shape index (κ1) is 21.8. The summed E-state index contributed by atoms with van der Waals surface area (Å²) in [6.45, 7) is 2.85. The molecule has 0 saturated carbocycles. The molecule has 0 aliphatic heterocycles. The Kier molecular flexibility index (Phi) is 6.90. The van der Waals surface area contributed by atoms with Gasteiger partial charge in [0.1, 0.15) is 5.75 Å². The molecule has 0 atom stereocenters. The summed E-state index contributed by atoms with van der Waals surface area (Å²) in [6, 6.07) is 12.8. The number of fused-ring (bicyclic) bond motifs is 1. The molecule has 31 heavy (non-hydrogen) atoms. The third kappa shape index (κ3) is 4.92. The lowest BCUT2D eigenvalue weighted by Crippen LogP contribution is -2.23. The maximum absolute atomic E-state index is 12.9. The van der Waals surface area contributed by atoms with Crippen LogP contribution < -0.4 is 14.8 Å². The van der Waals surface area contributed by atoms with Crippen LogP contribution in [-0.4, -0.2) is 21.2 Å². The number of benzene rings is 2. The Hall–Kier alpha value is -2.41. The Bertz CT molecular complexity index is 1320. The average Bonchev–Trinajstić information content (AvgIpc) is 3.28. The van der Waals surface area contributed by atoms with Gasteiger partial charge in [0.05, 0.1) is 16.2 Å². The fourth-order valence-electron chi connectivity index (χ4n) is 3.20. The summed E-state index contributed by atoms with van der Waals surface area (Å²) in [5, 5.41) is 5.33. The SMILES string of the molecule is CCCCCCOc1ccccc1/C=c1/sc2nc(-c3ccc(Cl)cc3Cl)nn2c1=O. The lowest BCUT2D eigenvalue weighted by Gasteiger charge is -2.08. The van der Waals surface area contributed by atoms with Crippen LogP contribution in [0, 0.1) is 0 Å². The van der Waals surface area contributed by atoms with E-state index in [1.54, 1.807) is 18.2 Å². The van der Waals surface area contributed by atoms with Crippen molar-refractivity contribution in [3.63, 3.8) is 0 Å². The van der Waals surface area contributed by atoms with Gasteiger partial charge in [-0.2, -0.15) is 9.50 Å². The molecule has 0 saturated heterocycles. The van der Waals surface area contributed by atoms with E-state index in [4.69, 9.17) is 27.9 Å². The van der Waals surface area contributed by atoms with E-state index < -0.39 is 0 Å². The zero-order valence-corrected chi connectivity index (χ0v) is 19.3. The van der Waals surface area contributed by atoms with Crippen LogP contribution in [0.2, 0.25) is 10.0 Å². The number of unbranched alkanes of at least 4 members (excludes halogenated alkanes) is 3. The second-order valence-corrected chi connectivity index (χ2v) is 8.97. The average molecular weight is 474 g/mol. The standard InChI is InChI=1S/C23H21Cl2N3O2S/c1-2-3-4-7-12-30-19-9-6-5-8-15(19)13-20-22(29)28-23(31-20)26-21(27-28)17-11-10-16(24)14-18(17)25/h5-6,8-11,13-14H,2-4,7,12H2,1H3/b20-13+. The molecule has 8 heteroatoms. The van der Waals surface area contributed by atoms with Crippen molar-refractivity contribution in [2.45, 2.75) is 32.6 Å². The first-order valence-corrected chi connectivity index (χ1v) is 11.7. The highest BCUT2D eigenvalue weighted by Gasteiger charge is 2.15. The molecular weight excluding hydrogens is 453 g/mol. The van der Waals surface area contributed by atoms with Crippen LogP contribution >= 0.6 is 34.5 Å². The molecule has 0 spiro atoms. The van der Waals surface area contributed by atoms with Crippen molar-refractivity contribution in [3.05, 3.63) is 73.0 Å². The highest BCUT2D eigenvalue weighted by Crippen LogP contribution is 2.28. The third-order valence-electron chi connectivity index (χ3n) is 4.81. The number of nitrogens with zero attached hydrogens (tertiary/aromatic N) is 3. The number of rotatable bonds is 8. The van der Waals surface area contributed by atoms with Crippen LogP contribution in [0.4, 0.5) is 0 Å². The molecule has 4 aromatic rings. The Labute approximate surface area is 193 Å². The number of ether oxygens (including phenoxy) is 1. The summed E-state index contributed by atoms with van der Waals surface area (Å²) in [6.07, 6.45) is 6.40. The van der Waals surface area contributed by atoms with Gasteiger partial charge in [-0.05, 0) is 36.8 Å². The zero-order chi connectivity index (χ0) is 21.8. The van der Waals surface area contributed by atoms with E-state index in [0.717, 1.165) is 24.2 Å². The predicted molar refractivity (Wildman–Crippen MR) is 127 cm³/mol. The Morgan fingerprint density at radius 1 is 1.13 bits per heavy atom. The van der Waals surface area contributed by atoms with E-state index in [9.17, 15) is 4.79 Å². The summed E-state index contributed by atoms with van der Waals surface area (Å²) in [5.41, 5.74) is 1.27. The largest absolute Gasteiger partial charge is 0.493 e. The molecule has 2 aromatic carbocycles. The van der Waals surface area contributed by atoms with Crippen LogP contribution in [0.5, 0.6) is 5.75 Å². The number of aromatic nitrogens is 3. The minimum absolute atomic E-state index is 0.221. The van der Waals surface area contributed by atoms with Gasteiger partial charge in [0.25, 0.3) is 5.56 Å². The number of thiazole rings is 1. The number of hydrogen-bond donors (Lipinski definition) is 0. The fourth-order valence-corrected chi connectivity index (χ4v) is 4.59. The first-order valence-electron chi connectivity index (χ1n) is 10.2. The van der Waals surface area contributed by atoms with Crippen molar-refractivity contribution in [3.8, 4) is 17.1 Å². The topological polar surface area (TPSA) is 56.5 Å². The lowest BCUT2D eigenvalue weighted by molar-refractivity contribution is 0.304. The number of hydrogen-bond acceptors (Lipinski definition) is 5. The van der Waals surface area contributed by atoms with Gasteiger partial charge in [-0.25, -0.2) is 0 Å². The zero-order valence-electron chi connectivity index (χ0n) is 17.0. The summed E-state index contributed by atoms with van der Waals surface area (Å²) in [5.74, 6) is 1.17. The summed E-state index contributed by atoms with van der Waals surface area (Å²) >= 11 is 13.5. The molecule has 0 radical (unpaired) electrons. The molecule has 0 aliphatic rings. The highest BCUT2D eigenvalue weighted by atomic mass is 35.5. The minimum Gasteiger partial charge on any atom is -0.493 e. The maximum Gasteiger partial charge on any atom is 0.291 e. The van der Waals surface area contributed by atoms with Gasteiger partial charge in [-0.3, -0.25) is 4.79 Å². The van der Waals surface area contributed by atoms with Crippen LogP contribution in [0.25, 0.3) is 22.4 Å². The number of halogens is 2. The molecule has 0 bridgehead atoms. The normalized spacial score (nSPS) is 12.0. The molecule has 4 rings (SSSR count). The number of para-hydroxylation sites is 1. The lowest BCUT2D eigenvalue weighted by atomic mass is 10.2. The van der Waals surface area contributed by atoms with Crippen molar-refractivity contribution < 1.29 is 4.74 Å². The quantitative estimate of drug-likeness (QED) is 0.311. The molecule has 0 fully saturated rings. The van der Waals surface area contributed by atoms with E-state index in [-0.39, 0.29) is 5.56 Å². The van der Waals surface area contributed by atoms with Crippen LogP contribution in [0.15, 0.2) is 47.3 Å². The fraction of sp³-hybridized carbons (Fsp3) is 0.261. The molecular formula is C23H21Cl2N3O2S. The van der Waals surface area contributed by atoms with Crippen molar-refractivity contribution in [1.29, 1.82) is 0 Å². The molecule has 160 valence electrons. The molecule has 2 heterocycles. The second-order valence-electron chi connectivity index (χ2n) is 7.12. The monoisotopic (exact) mass is 473 g/mol. The van der Waals surface area contributed by atoms with Crippen molar-refractivity contribution in [2.24, 2.45) is 0 Å². The van der Waals surface area contributed by atoms with Crippen LogP contribution in [0.3, 0.4) is 0 Å². The van der Waals surface area contributed by atoms with Gasteiger partial charge in [0, 0.05) is 16.1 Å². The van der Waals surface area contributed by atoms with Crippen molar-refractivity contribution in [2.75, 3.05) is 6.61 Å². The van der Waals surface area contributed by atoms with E-state index in [0.29, 0.717) is 37.5 Å². The smallest absolute Gasteiger partial charge is 0.291 e. The molecule has 5 nitrogen and oxygen atoms in total. The predicted octanol–water partition coefficient (Wildman–Crippen LogP) is 5.63. The summed E-state index contributed by atoms with van der Waals surface area (Å²) in [7, 11) is 0. The van der Waals surface area contributed by atoms with Gasteiger partial charge in [-0.1, -0.05) is 78.9 Å². The Balaban J connectivity index is 1.63. The summed E-state index contributed by atoms with van der Waals surface area (Å²) < 4.78 is 7.82. The van der Waals surface area contributed by atoms with E-state index in [1.807, 2.05) is 30.3 Å². The molecule has 0 aliphatic carbocycles.